The van der Waals surface area contributed by atoms with Crippen molar-refractivity contribution >= 4 is 11.8 Å². The van der Waals surface area contributed by atoms with Gasteiger partial charge in [0, 0.05) is 19.2 Å². The minimum absolute atomic E-state index is 0.0620. The van der Waals surface area contributed by atoms with Crippen LogP contribution < -0.4 is 4.74 Å². The molecule has 1 aromatic carbocycles. The molecule has 0 N–H and O–H groups in total. The average molecular weight is 447 g/mol. The Bertz CT molecular complexity index is 905. The van der Waals surface area contributed by atoms with Gasteiger partial charge in [-0.1, -0.05) is 11.6 Å². The Morgan fingerprint density at radius 2 is 2.00 bits per heavy atom. The summed E-state index contributed by atoms with van der Waals surface area (Å²) in [6, 6.07) is 5.25. The number of hydrogen-bond donors (Lipinski definition) is 0. The van der Waals surface area contributed by atoms with E-state index < -0.39 is 28.9 Å². The maximum absolute atomic E-state index is 12.4. The molecule has 0 bridgehead atoms. The van der Waals surface area contributed by atoms with Gasteiger partial charge >= 0.3 is 6.16 Å². The lowest BCUT2D eigenvalue weighted by Crippen LogP contribution is -2.55. The van der Waals surface area contributed by atoms with Crippen LogP contribution in [0.15, 0.2) is 35.9 Å². The number of nitrogens with zero attached hydrogens (tertiary/aromatic N) is 1. The van der Waals surface area contributed by atoms with E-state index >= 15 is 0 Å². The topological polar surface area (TPSA) is 113 Å². The van der Waals surface area contributed by atoms with Crippen LogP contribution in [0.2, 0.25) is 0 Å². The highest BCUT2D eigenvalue weighted by Gasteiger charge is 2.72. The SMILES string of the molecule is COC1C(OC(=O)Oc2ccc([N+](=O)[O-])cc2)CCC2(CO2)C1C1(C)OC1CC=C(C)C. The van der Waals surface area contributed by atoms with Crippen molar-refractivity contribution in [1.82, 2.24) is 0 Å². The number of methoxy groups -OCH3 is 1. The van der Waals surface area contributed by atoms with Gasteiger partial charge in [0.2, 0.25) is 0 Å². The summed E-state index contributed by atoms with van der Waals surface area (Å²) >= 11 is 0. The van der Waals surface area contributed by atoms with Crippen LogP contribution in [0.3, 0.4) is 0 Å². The van der Waals surface area contributed by atoms with Gasteiger partial charge in [-0.15, -0.1) is 0 Å². The van der Waals surface area contributed by atoms with E-state index in [1.165, 1.54) is 29.8 Å². The highest BCUT2D eigenvalue weighted by Crippen LogP contribution is 2.59. The molecule has 3 aliphatic rings. The summed E-state index contributed by atoms with van der Waals surface area (Å²) in [6.45, 7) is 6.84. The number of hydrogen-bond acceptors (Lipinski definition) is 8. The van der Waals surface area contributed by atoms with Gasteiger partial charge < -0.3 is 23.7 Å². The fraction of sp³-hybridized carbons (Fsp3) is 0.609. The Morgan fingerprint density at radius 3 is 2.56 bits per heavy atom. The smallest absolute Gasteiger partial charge is 0.428 e. The van der Waals surface area contributed by atoms with Crippen molar-refractivity contribution in [3.63, 3.8) is 0 Å². The van der Waals surface area contributed by atoms with Crippen molar-refractivity contribution in [3.05, 3.63) is 46.0 Å². The minimum Gasteiger partial charge on any atom is -0.428 e. The van der Waals surface area contributed by atoms with E-state index in [0.717, 1.165) is 12.8 Å². The molecule has 9 heteroatoms. The predicted octanol–water partition coefficient (Wildman–Crippen LogP) is 4.19. The first-order valence-corrected chi connectivity index (χ1v) is 10.8. The van der Waals surface area contributed by atoms with E-state index in [4.69, 9.17) is 23.7 Å². The quantitative estimate of drug-likeness (QED) is 0.153. The Morgan fingerprint density at radius 1 is 1.31 bits per heavy atom. The second-order valence-electron chi connectivity index (χ2n) is 9.14. The molecule has 32 heavy (non-hydrogen) atoms. The Balaban J connectivity index is 1.44. The van der Waals surface area contributed by atoms with Crippen molar-refractivity contribution in [2.75, 3.05) is 13.7 Å². The number of carbonyl (C=O) groups is 1. The van der Waals surface area contributed by atoms with E-state index in [9.17, 15) is 14.9 Å². The molecule has 1 aliphatic carbocycles. The van der Waals surface area contributed by atoms with E-state index in [0.29, 0.717) is 13.0 Å². The Kier molecular flexibility index (Phi) is 6.00. The zero-order valence-electron chi connectivity index (χ0n) is 18.7. The summed E-state index contributed by atoms with van der Waals surface area (Å²) in [5.41, 5.74) is 0.419. The summed E-state index contributed by atoms with van der Waals surface area (Å²) < 4.78 is 28.8. The molecule has 1 aromatic rings. The molecule has 6 atom stereocenters. The lowest BCUT2D eigenvalue weighted by Gasteiger charge is -2.42. The standard InChI is InChI=1S/C23H29NO8/c1-14(2)5-10-18-22(3,32-18)20-19(28-4)17(11-12-23(20)13-29-23)31-21(25)30-16-8-6-15(7-9-16)24(26)27/h5-9,17-20H,10-13H2,1-4H3. The number of nitro groups is 1. The van der Waals surface area contributed by atoms with Gasteiger partial charge in [0.1, 0.15) is 29.2 Å². The summed E-state index contributed by atoms with van der Waals surface area (Å²) in [5, 5.41) is 10.8. The molecule has 0 amide bonds. The summed E-state index contributed by atoms with van der Waals surface area (Å²) in [7, 11) is 1.61. The molecule has 2 saturated heterocycles. The van der Waals surface area contributed by atoms with Crippen molar-refractivity contribution in [3.8, 4) is 5.75 Å². The molecule has 1 spiro atoms. The molecular weight excluding hydrogens is 418 g/mol. The number of non-ortho nitro benzene ring substituents is 1. The van der Waals surface area contributed by atoms with Gasteiger partial charge in [0.25, 0.3) is 5.69 Å². The molecule has 1 saturated carbocycles. The van der Waals surface area contributed by atoms with E-state index in [1.807, 2.05) is 0 Å². The first-order valence-electron chi connectivity index (χ1n) is 10.8. The van der Waals surface area contributed by atoms with E-state index in [-0.39, 0.29) is 29.1 Å². The third-order valence-electron chi connectivity index (χ3n) is 6.73. The van der Waals surface area contributed by atoms with Crippen molar-refractivity contribution in [2.24, 2.45) is 5.92 Å². The normalized spacial score (nSPS) is 35.1. The number of nitro benzene ring substituents is 1. The van der Waals surface area contributed by atoms with Crippen LogP contribution in [-0.2, 0) is 18.9 Å². The van der Waals surface area contributed by atoms with Crippen molar-refractivity contribution in [1.29, 1.82) is 0 Å². The van der Waals surface area contributed by atoms with Crippen LogP contribution >= 0.6 is 0 Å². The fourth-order valence-electron chi connectivity index (χ4n) is 4.95. The highest BCUT2D eigenvalue weighted by atomic mass is 16.7. The first kappa shape index (κ1) is 22.7. The molecule has 0 radical (unpaired) electrons. The monoisotopic (exact) mass is 447 g/mol. The van der Waals surface area contributed by atoms with Crippen molar-refractivity contribution in [2.45, 2.75) is 69.5 Å². The number of benzene rings is 1. The number of carbonyl (C=O) groups excluding carboxylic acids is 1. The fourth-order valence-corrected chi connectivity index (χ4v) is 4.95. The molecule has 3 fully saturated rings. The zero-order valence-corrected chi connectivity index (χ0v) is 18.7. The Labute approximate surface area is 186 Å². The molecule has 4 rings (SSSR count). The van der Waals surface area contributed by atoms with Crippen LogP contribution in [0.25, 0.3) is 0 Å². The van der Waals surface area contributed by atoms with Crippen LogP contribution in [-0.4, -0.2) is 54.3 Å². The van der Waals surface area contributed by atoms with Crippen LogP contribution in [0.1, 0.15) is 40.0 Å². The van der Waals surface area contributed by atoms with Gasteiger partial charge in [0.05, 0.1) is 23.6 Å². The Hall–Kier alpha value is -2.49. The third-order valence-corrected chi connectivity index (χ3v) is 6.73. The number of allylic oxidation sites excluding steroid dienone is 1. The number of ether oxygens (including phenoxy) is 5. The summed E-state index contributed by atoms with van der Waals surface area (Å²) in [5.74, 6) is 0.0877. The maximum atomic E-state index is 12.4. The molecule has 6 unspecified atom stereocenters. The van der Waals surface area contributed by atoms with Crippen molar-refractivity contribution < 1.29 is 33.4 Å². The maximum Gasteiger partial charge on any atom is 0.514 e. The van der Waals surface area contributed by atoms with Gasteiger partial charge in [-0.25, -0.2) is 4.79 Å². The lowest BCUT2D eigenvalue weighted by molar-refractivity contribution is -0.384. The first-order chi connectivity index (χ1) is 15.2. The predicted molar refractivity (Wildman–Crippen MR) is 114 cm³/mol. The summed E-state index contributed by atoms with van der Waals surface area (Å²) in [6.07, 6.45) is 2.56. The molecular formula is C23H29NO8. The number of epoxide rings is 2. The lowest BCUT2D eigenvalue weighted by atomic mass is 9.68. The van der Waals surface area contributed by atoms with Crippen LogP contribution in [0.4, 0.5) is 10.5 Å². The van der Waals surface area contributed by atoms with E-state index in [2.05, 4.69) is 26.8 Å². The molecule has 0 aromatic heterocycles. The van der Waals surface area contributed by atoms with Gasteiger partial charge in [0.15, 0.2) is 0 Å². The van der Waals surface area contributed by atoms with E-state index in [1.54, 1.807) is 7.11 Å². The van der Waals surface area contributed by atoms with Gasteiger partial charge in [-0.05, 0) is 52.2 Å². The molecule has 174 valence electrons. The third kappa shape index (κ3) is 4.37. The highest BCUT2D eigenvalue weighted by molar-refractivity contribution is 5.64. The summed E-state index contributed by atoms with van der Waals surface area (Å²) in [4.78, 5) is 22.7. The molecule has 9 nitrogen and oxygen atoms in total. The van der Waals surface area contributed by atoms with Gasteiger partial charge in [-0.3, -0.25) is 10.1 Å². The molecule has 2 heterocycles. The largest absolute Gasteiger partial charge is 0.514 e. The van der Waals surface area contributed by atoms with Gasteiger partial charge in [-0.2, -0.15) is 0 Å². The molecule has 2 aliphatic heterocycles. The zero-order chi connectivity index (χ0) is 23.1. The average Bonchev–Trinajstić information content (AvgIpc) is 3.65. The number of rotatable bonds is 7. The second kappa shape index (κ2) is 8.46. The minimum atomic E-state index is -0.875. The van der Waals surface area contributed by atoms with Crippen LogP contribution in [0, 0.1) is 16.0 Å². The van der Waals surface area contributed by atoms with Crippen LogP contribution in [0.5, 0.6) is 5.75 Å². The second-order valence-corrected chi connectivity index (χ2v) is 9.14.